The Morgan fingerprint density at radius 2 is 2.15 bits per heavy atom. The van der Waals surface area contributed by atoms with E-state index in [9.17, 15) is 14.9 Å². The number of carbonyl (C=O) groups is 1. The molecule has 0 fully saturated rings. The molecule has 0 spiro atoms. The first-order chi connectivity index (χ1) is 5.95. The molecule has 0 saturated carbocycles. The van der Waals surface area contributed by atoms with E-state index in [2.05, 4.69) is 4.99 Å². The molecule has 1 atom stereocenters. The molecule has 0 aromatic rings. The van der Waals surface area contributed by atoms with Gasteiger partial charge in [0.25, 0.3) is 0 Å². The number of nitrogens with zero attached hydrogens (tertiary/aromatic N) is 2. The minimum Gasteiger partial charge on any atom is -0.368 e. The maximum atomic E-state index is 10.4. The summed E-state index contributed by atoms with van der Waals surface area (Å²) in [5.74, 6) is -1.15. The van der Waals surface area contributed by atoms with Gasteiger partial charge in [-0.1, -0.05) is 0 Å². The van der Waals surface area contributed by atoms with Crippen molar-refractivity contribution in [1.29, 1.82) is 0 Å². The van der Waals surface area contributed by atoms with Crippen LogP contribution < -0.4 is 11.5 Å². The second-order valence-corrected chi connectivity index (χ2v) is 2.23. The number of hydrogen-bond donors (Lipinski definition) is 2. The number of nitro groups is 1. The van der Waals surface area contributed by atoms with E-state index in [1.54, 1.807) is 0 Å². The van der Waals surface area contributed by atoms with Crippen molar-refractivity contribution in [3.8, 4) is 0 Å². The summed E-state index contributed by atoms with van der Waals surface area (Å²) in [6.45, 7) is 1.47. The van der Waals surface area contributed by atoms with Crippen LogP contribution in [0.15, 0.2) is 16.9 Å². The molecule has 13 heavy (non-hydrogen) atoms. The van der Waals surface area contributed by atoms with Crippen molar-refractivity contribution in [3.05, 3.63) is 22.0 Å². The van der Waals surface area contributed by atoms with Crippen molar-refractivity contribution in [2.75, 3.05) is 0 Å². The van der Waals surface area contributed by atoms with Crippen LogP contribution in [0.3, 0.4) is 0 Å². The molecule has 4 N–H and O–H groups in total. The topological polar surface area (TPSA) is 125 Å². The summed E-state index contributed by atoms with van der Waals surface area (Å²) in [6, 6.07) is -0.712. The second-order valence-electron chi connectivity index (χ2n) is 2.23. The maximum absolute atomic E-state index is 10.4. The van der Waals surface area contributed by atoms with Gasteiger partial charge in [0.2, 0.25) is 5.91 Å². The highest BCUT2D eigenvalue weighted by Gasteiger charge is 2.03. The van der Waals surface area contributed by atoms with Crippen LogP contribution in [0.5, 0.6) is 0 Å². The molecule has 0 aliphatic carbocycles. The fourth-order valence-electron chi connectivity index (χ4n) is 0.383. The summed E-state index contributed by atoms with van der Waals surface area (Å²) in [5, 5.41) is 9.97. The number of carbonyl (C=O) groups excluding carboxylic acids is 1. The fraction of sp³-hybridized carbons (Fsp3) is 0.333. The number of rotatable bonds is 4. The van der Waals surface area contributed by atoms with Crippen LogP contribution >= 0.6 is 0 Å². The summed E-state index contributed by atoms with van der Waals surface area (Å²) in [5.41, 5.74) is 9.81. The molecule has 0 unspecified atom stereocenters. The summed E-state index contributed by atoms with van der Waals surface area (Å²) in [6.07, 6.45) is 2.06. The van der Waals surface area contributed by atoms with Gasteiger partial charge >= 0.3 is 5.82 Å². The first-order valence-corrected chi connectivity index (χ1v) is 3.37. The minimum atomic E-state index is -0.763. The lowest BCUT2D eigenvalue weighted by molar-refractivity contribution is -0.426. The molecule has 0 radical (unpaired) electrons. The van der Waals surface area contributed by atoms with E-state index in [4.69, 9.17) is 11.5 Å². The van der Waals surface area contributed by atoms with Gasteiger partial charge in [-0.05, 0) is 11.8 Å². The second kappa shape index (κ2) is 4.86. The average molecular weight is 186 g/mol. The van der Waals surface area contributed by atoms with Gasteiger partial charge in [0.1, 0.15) is 6.04 Å². The van der Waals surface area contributed by atoms with Crippen molar-refractivity contribution in [2.45, 2.75) is 13.0 Å². The normalized spacial score (nSPS) is 14.4. The number of aliphatic imine (C=N–C) groups is 1. The molecule has 0 rings (SSSR count). The van der Waals surface area contributed by atoms with E-state index < -0.39 is 22.7 Å². The molecule has 0 bridgehead atoms. The molecule has 7 heteroatoms. The lowest BCUT2D eigenvalue weighted by atomic mass is 10.3. The third-order valence-electron chi connectivity index (χ3n) is 1.18. The largest absolute Gasteiger partial charge is 0.368 e. The van der Waals surface area contributed by atoms with Crippen molar-refractivity contribution in [3.63, 3.8) is 0 Å². The maximum Gasteiger partial charge on any atom is 0.315 e. The standard InChI is InChI=1S/C6H10N4O3/c1-4(6(8)11)9-3-2-5(7)10(12)13/h2-4H,7H2,1H3,(H2,8,11)/t4-/m0/s1. The minimum absolute atomic E-state index is 0.541. The van der Waals surface area contributed by atoms with E-state index in [-0.39, 0.29) is 0 Å². The van der Waals surface area contributed by atoms with Gasteiger partial charge in [0, 0.05) is 12.3 Å². The van der Waals surface area contributed by atoms with E-state index in [0.29, 0.717) is 0 Å². The molecular weight excluding hydrogens is 176 g/mol. The predicted molar refractivity (Wildman–Crippen MR) is 46.4 cm³/mol. The van der Waals surface area contributed by atoms with Gasteiger partial charge in [-0.2, -0.15) is 0 Å². The van der Waals surface area contributed by atoms with Crippen LogP contribution in [-0.2, 0) is 4.79 Å². The summed E-state index contributed by atoms with van der Waals surface area (Å²) < 4.78 is 0. The van der Waals surface area contributed by atoms with Crippen LogP contribution in [0, 0.1) is 10.1 Å². The highest BCUT2D eigenvalue weighted by molar-refractivity contribution is 5.82. The van der Waals surface area contributed by atoms with Crippen LogP contribution in [0.4, 0.5) is 0 Å². The van der Waals surface area contributed by atoms with Gasteiger partial charge in [-0.25, -0.2) is 0 Å². The highest BCUT2D eigenvalue weighted by Crippen LogP contribution is 1.87. The van der Waals surface area contributed by atoms with Gasteiger partial charge in [-0.15, -0.1) is 0 Å². The Balaban J connectivity index is 4.22. The van der Waals surface area contributed by atoms with Crippen molar-refractivity contribution < 1.29 is 9.72 Å². The average Bonchev–Trinajstić information content (AvgIpc) is 2.03. The van der Waals surface area contributed by atoms with Crippen LogP contribution in [0.1, 0.15) is 6.92 Å². The van der Waals surface area contributed by atoms with Crippen molar-refractivity contribution in [1.82, 2.24) is 0 Å². The molecule has 0 aliphatic rings. The fourth-order valence-corrected chi connectivity index (χ4v) is 0.383. The summed E-state index contributed by atoms with van der Waals surface area (Å²) in [7, 11) is 0. The third kappa shape index (κ3) is 4.51. The van der Waals surface area contributed by atoms with Gasteiger partial charge in [-0.3, -0.25) is 15.5 Å². The van der Waals surface area contributed by atoms with E-state index in [1.807, 2.05) is 0 Å². The molecular formula is C6H10N4O3. The number of allylic oxidation sites excluding steroid dienone is 1. The lowest BCUT2D eigenvalue weighted by Crippen LogP contribution is -2.23. The number of amides is 1. The van der Waals surface area contributed by atoms with Crippen LogP contribution in [-0.4, -0.2) is 23.1 Å². The number of primary amides is 1. The Morgan fingerprint density at radius 3 is 2.54 bits per heavy atom. The first kappa shape index (κ1) is 11.1. The number of hydrogen-bond acceptors (Lipinski definition) is 5. The van der Waals surface area contributed by atoms with Gasteiger partial charge in [0.05, 0.1) is 0 Å². The highest BCUT2D eigenvalue weighted by atomic mass is 16.6. The van der Waals surface area contributed by atoms with Crippen molar-refractivity contribution in [2.24, 2.45) is 16.5 Å². The molecule has 0 saturated heterocycles. The Kier molecular flexibility index (Phi) is 4.14. The van der Waals surface area contributed by atoms with Crippen LogP contribution in [0.2, 0.25) is 0 Å². The van der Waals surface area contributed by atoms with Gasteiger partial charge < -0.3 is 15.8 Å². The smallest absolute Gasteiger partial charge is 0.315 e. The van der Waals surface area contributed by atoms with E-state index in [1.165, 1.54) is 6.92 Å². The third-order valence-corrected chi connectivity index (χ3v) is 1.18. The quantitative estimate of drug-likeness (QED) is 0.332. The summed E-state index contributed by atoms with van der Waals surface area (Å²) >= 11 is 0. The SMILES string of the molecule is C[C@H](N=CC=C(N)[N+](=O)[O-])C(N)=O. The van der Waals surface area contributed by atoms with Crippen LogP contribution in [0.25, 0.3) is 0 Å². The van der Waals surface area contributed by atoms with E-state index in [0.717, 1.165) is 12.3 Å². The zero-order chi connectivity index (χ0) is 10.4. The van der Waals surface area contributed by atoms with E-state index >= 15 is 0 Å². The monoisotopic (exact) mass is 186 g/mol. The molecule has 0 aliphatic heterocycles. The van der Waals surface area contributed by atoms with Gasteiger partial charge in [0.15, 0.2) is 0 Å². The lowest BCUT2D eigenvalue weighted by Gasteiger charge is -1.96. The Labute approximate surface area is 74.3 Å². The van der Waals surface area contributed by atoms with Crippen molar-refractivity contribution >= 4 is 12.1 Å². The molecule has 0 aromatic heterocycles. The predicted octanol–water partition coefficient (Wildman–Crippen LogP) is -0.992. The first-order valence-electron chi connectivity index (χ1n) is 3.37. The molecule has 1 amide bonds. The zero-order valence-electron chi connectivity index (χ0n) is 7.01. The number of nitrogens with two attached hydrogens (primary N) is 2. The Hall–Kier alpha value is -1.92. The molecule has 0 heterocycles. The zero-order valence-corrected chi connectivity index (χ0v) is 7.01. The Morgan fingerprint density at radius 1 is 1.62 bits per heavy atom. The molecule has 72 valence electrons. The molecule has 7 nitrogen and oxygen atoms in total. The molecule has 0 aromatic carbocycles. The Bertz CT molecular complexity index is 271. The summed E-state index contributed by atoms with van der Waals surface area (Å²) in [4.78, 5) is 23.2.